The van der Waals surface area contributed by atoms with Crippen LogP contribution in [0.3, 0.4) is 0 Å². The summed E-state index contributed by atoms with van der Waals surface area (Å²) in [6, 6.07) is 0. The minimum Gasteiger partial charge on any atom is -0.368 e. The van der Waals surface area contributed by atoms with E-state index in [4.69, 9.17) is 0 Å². The van der Waals surface area contributed by atoms with Gasteiger partial charge >= 0.3 is 0 Å². The van der Waals surface area contributed by atoms with Gasteiger partial charge in [0, 0.05) is 19.0 Å². The van der Waals surface area contributed by atoms with Crippen molar-refractivity contribution in [3.8, 4) is 0 Å². The van der Waals surface area contributed by atoms with Crippen molar-refractivity contribution in [2.45, 2.75) is 0 Å². The highest BCUT2D eigenvalue weighted by Crippen LogP contribution is 2.11. The van der Waals surface area contributed by atoms with E-state index in [1.165, 1.54) is 12.6 Å². The summed E-state index contributed by atoms with van der Waals surface area (Å²) in [5.74, 6) is 0.775. The van der Waals surface area contributed by atoms with Gasteiger partial charge in [-0.25, -0.2) is 18.4 Å². The Labute approximate surface area is 96.4 Å². The maximum Gasteiger partial charge on any atom is 0.149 e. The van der Waals surface area contributed by atoms with Crippen LogP contribution in [0.4, 0.5) is 5.82 Å². The third-order valence-corrected chi connectivity index (χ3v) is 3.17. The van der Waals surface area contributed by atoms with Crippen molar-refractivity contribution in [3.63, 3.8) is 0 Å². The van der Waals surface area contributed by atoms with Gasteiger partial charge in [0.25, 0.3) is 0 Å². The number of sulfone groups is 1. The fourth-order valence-corrected chi connectivity index (χ4v) is 1.76. The first-order valence-corrected chi connectivity index (χ1v) is 7.00. The third kappa shape index (κ3) is 4.18. The summed E-state index contributed by atoms with van der Waals surface area (Å²) in [5.41, 5.74) is 0. The first-order valence-electron chi connectivity index (χ1n) is 3.86. The van der Waals surface area contributed by atoms with E-state index in [0.29, 0.717) is 12.4 Å². The van der Waals surface area contributed by atoms with Gasteiger partial charge in [-0.05, 0) is 22.6 Å². The molecule has 0 aliphatic carbocycles. The van der Waals surface area contributed by atoms with Crippen molar-refractivity contribution in [3.05, 3.63) is 16.1 Å². The zero-order chi connectivity index (χ0) is 10.6. The Hall–Kier alpha value is -0.440. The van der Waals surface area contributed by atoms with Gasteiger partial charge in [-0.3, -0.25) is 0 Å². The smallest absolute Gasteiger partial charge is 0.149 e. The lowest BCUT2D eigenvalue weighted by Crippen LogP contribution is -2.15. The highest BCUT2D eigenvalue weighted by Gasteiger charge is 2.03. The topological polar surface area (TPSA) is 72.0 Å². The molecule has 7 heteroatoms. The lowest BCUT2D eigenvalue weighted by molar-refractivity contribution is 0.602. The van der Waals surface area contributed by atoms with Crippen molar-refractivity contribution in [1.82, 2.24) is 9.97 Å². The molecule has 0 aliphatic heterocycles. The SMILES string of the molecule is CS(=O)(=O)CCNc1ncncc1I. The standard InChI is InChI=1S/C7H10IN3O2S/c1-14(12,13)3-2-10-7-6(8)4-9-5-11-7/h4-5H,2-3H2,1H3,(H,9,10,11). The van der Waals surface area contributed by atoms with Crippen LogP contribution in [-0.4, -0.2) is 36.9 Å². The minimum atomic E-state index is -2.92. The second-order valence-corrected chi connectivity index (χ2v) is 6.20. The van der Waals surface area contributed by atoms with Crippen LogP contribution in [0.5, 0.6) is 0 Å². The van der Waals surface area contributed by atoms with Gasteiger partial charge in [-0.15, -0.1) is 0 Å². The normalized spacial score (nSPS) is 11.3. The van der Waals surface area contributed by atoms with Gasteiger partial charge < -0.3 is 5.32 Å². The van der Waals surface area contributed by atoms with Crippen molar-refractivity contribution < 1.29 is 8.42 Å². The second-order valence-electron chi connectivity index (χ2n) is 2.78. The van der Waals surface area contributed by atoms with Gasteiger partial charge in [0.05, 0.1) is 9.32 Å². The summed E-state index contributed by atoms with van der Waals surface area (Å²) >= 11 is 2.08. The average molecular weight is 327 g/mol. The number of anilines is 1. The number of hydrogen-bond acceptors (Lipinski definition) is 5. The van der Waals surface area contributed by atoms with E-state index in [2.05, 4.69) is 37.9 Å². The Bertz CT molecular complexity index is 407. The summed E-state index contributed by atoms with van der Waals surface area (Å²) in [6.07, 6.45) is 4.29. The summed E-state index contributed by atoms with van der Waals surface area (Å²) in [6.45, 7) is 0.367. The molecule has 0 bridgehead atoms. The summed E-state index contributed by atoms with van der Waals surface area (Å²) in [4.78, 5) is 7.80. The fraction of sp³-hybridized carbons (Fsp3) is 0.429. The zero-order valence-corrected chi connectivity index (χ0v) is 10.5. The van der Waals surface area contributed by atoms with E-state index in [1.807, 2.05) is 0 Å². The van der Waals surface area contributed by atoms with E-state index in [9.17, 15) is 8.42 Å². The summed E-state index contributed by atoms with van der Waals surface area (Å²) < 4.78 is 22.5. The molecule has 1 N–H and O–H groups in total. The van der Waals surface area contributed by atoms with Crippen molar-refractivity contribution in [2.75, 3.05) is 23.9 Å². The molecule has 1 heterocycles. The lowest BCUT2D eigenvalue weighted by atomic mass is 10.5. The molecule has 1 aromatic heterocycles. The largest absolute Gasteiger partial charge is 0.368 e. The monoisotopic (exact) mass is 327 g/mol. The number of aromatic nitrogens is 2. The zero-order valence-electron chi connectivity index (χ0n) is 7.57. The van der Waals surface area contributed by atoms with Crippen molar-refractivity contribution in [2.24, 2.45) is 0 Å². The molecule has 78 valence electrons. The highest BCUT2D eigenvalue weighted by atomic mass is 127. The van der Waals surface area contributed by atoms with Crippen LogP contribution in [-0.2, 0) is 9.84 Å². The van der Waals surface area contributed by atoms with E-state index in [1.54, 1.807) is 6.20 Å². The molecule has 0 spiro atoms. The van der Waals surface area contributed by atoms with Gasteiger partial charge in [0.1, 0.15) is 22.0 Å². The number of rotatable bonds is 4. The molecule has 1 aromatic rings. The number of nitrogens with zero attached hydrogens (tertiary/aromatic N) is 2. The molecular formula is C7H10IN3O2S. The van der Waals surface area contributed by atoms with Gasteiger partial charge in [0.15, 0.2) is 0 Å². The molecule has 0 aromatic carbocycles. The third-order valence-electron chi connectivity index (χ3n) is 1.43. The molecule has 14 heavy (non-hydrogen) atoms. The maximum atomic E-state index is 10.8. The van der Waals surface area contributed by atoms with Crippen LogP contribution < -0.4 is 5.32 Å². The first kappa shape index (κ1) is 11.6. The van der Waals surface area contributed by atoms with Crippen LogP contribution in [0.1, 0.15) is 0 Å². The molecule has 0 unspecified atom stereocenters. The Kier molecular flexibility index (Phi) is 4.05. The van der Waals surface area contributed by atoms with E-state index in [0.717, 1.165) is 3.57 Å². The predicted molar refractivity (Wildman–Crippen MR) is 62.9 cm³/mol. The van der Waals surface area contributed by atoms with Crippen molar-refractivity contribution in [1.29, 1.82) is 0 Å². The summed E-state index contributed by atoms with van der Waals surface area (Å²) in [7, 11) is -2.92. The molecule has 0 saturated carbocycles. The quantitative estimate of drug-likeness (QED) is 0.817. The van der Waals surface area contributed by atoms with Crippen LogP contribution in [0.2, 0.25) is 0 Å². The van der Waals surface area contributed by atoms with Crippen molar-refractivity contribution >= 4 is 38.2 Å². The van der Waals surface area contributed by atoms with E-state index < -0.39 is 9.84 Å². The maximum absolute atomic E-state index is 10.8. The molecule has 5 nitrogen and oxygen atoms in total. The van der Waals surface area contributed by atoms with Gasteiger partial charge in [-0.2, -0.15) is 0 Å². The molecule has 0 atom stereocenters. The molecule has 0 radical (unpaired) electrons. The molecule has 0 saturated heterocycles. The summed E-state index contributed by atoms with van der Waals surface area (Å²) in [5, 5.41) is 2.93. The number of hydrogen-bond donors (Lipinski definition) is 1. The minimum absolute atomic E-state index is 0.104. The Morgan fingerprint density at radius 3 is 2.86 bits per heavy atom. The molecule has 0 amide bonds. The number of nitrogens with one attached hydrogen (secondary N) is 1. The van der Waals surface area contributed by atoms with Gasteiger partial charge in [-0.1, -0.05) is 0 Å². The second kappa shape index (κ2) is 4.87. The van der Waals surface area contributed by atoms with Crippen LogP contribution >= 0.6 is 22.6 Å². The molecule has 0 aliphatic rings. The fourth-order valence-electron chi connectivity index (χ4n) is 0.798. The first-order chi connectivity index (χ1) is 6.49. The predicted octanol–water partition coefficient (Wildman–Crippen LogP) is 0.538. The van der Waals surface area contributed by atoms with Crippen LogP contribution in [0, 0.1) is 3.57 Å². The van der Waals surface area contributed by atoms with Crippen LogP contribution in [0.25, 0.3) is 0 Å². The lowest BCUT2D eigenvalue weighted by Gasteiger charge is -2.05. The van der Waals surface area contributed by atoms with E-state index in [-0.39, 0.29) is 5.75 Å². The molecule has 1 rings (SSSR count). The van der Waals surface area contributed by atoms with E-state index >= 15 is 0 Å². The Morgan fingerprint density at radius 2 is 2.29 bits per heavy atom. The highest BCUT2D eigenvalue weighted by molar-refractivity contribution is 14.1. The Morgan fingerprint density at radius 1 is 1.57 bits per heavy atom. The average Bonchev–Trinajstić information content (AvgIpc) is 2.06. The van der Waals surface area contributed by atoms with Gasteiger partial charge in [0.2, 0.25) is 0 Å². The number of halogens is 1. The van der Waals surface area contributed by atoms with Crippen LogP contribution in [0.15, 0.2) is 12.5 Å². The molecular weight excluding hydrogens is 317 g/mol. The Balaban J connectivity index is 2.51. The molecule has 0 fully saturated rings.